The van der Waals surface area contributed by atoms with Gasteiger partial charge in [0.2, 0.25) is 0 Å². The highest BCUT2D eigenvalue weighted by molar-refractivity contribution is 5.72. The number of carbonyl (C=O) groups is 3. The molecular weight excluding hydrogens is 799 g/mol. The molecule has 0 aliphatic rings. The first-order valence-electron chi connectivity index (χ1n) is 25.7. The van der Waals surface area contributed by atoms with Crippen LogP contribution in [0.4, 0.5) is 0 Å². The molecule has 2 unspecified atom stereocenters. The fourth-order valence-electron chi connectivity index (χ4n) is 7.31. The zero-order valence-electron chi connectivity index (χ0n) is 41.7. The van der Waals surface area contributed by atoms with Crippen LogP contribution in [0.2, 0.25) is 0 Å². The molecule has 2 atom stereocenters. The lowest BCUT2D eigenvalue weighted by molar-refractivity contribution is -0.887. The van der Waals surface area contributed by atoms with E-state index < -0.39 is 18.1 Å². The predicted molar refractivity (Wildman–Crippen MR) is 270 cm³/mol. The average Bonchev–Trinajstić information content (AvgIpc) is 3.26. The van der Waals surface area contributed by atoms with Crippen molar-refractivity contribution in [3.8, 4) is 0 Å². The fourth-order valence-corrected chi connectivity index (χ4v) is 7.31. The van der Waals surface area contributed by atoms with E-state index >= 15 is 0 Å². The first-order chi connectivity index (χ1) is 31.1. The number of quaternary nitrogens is 1. The Kier molecular flexibility index (Phi) is 43.5. The number of likely N-dealkylation sites (N-methyl/N-ethyl adjacent to an activating group) is 1. The molecule has 8 nitrogen and oxygen atoms in total. The summed E-state index contributed by atoms with van der Waals surface area (Å²) in [5, 5.41) is 9.65. The highest BCUT2D eigenvalue weighted by Gasteiger charge is 2.31. The summed E-state index contributed by atoms with van der Waals surface area (Å²) in [5.74, 6) is -1.52. The first-order valence-corrected chi connectivity index (χ1v) is 25.7. The van der Waals surface area contributed by atoms with Gasteiger partial charge in [0.1, 0.15) is 6.61 Å². The minimum Gasteiger partial charge on any atom is -0.477 e. The monoisotopic (exact) mass is 895 g/mol. The van der Waals surface area contributed by atoms with Crippen molar-refractivity contribution < 1.29 is 38.2 Å². The smallest absolute Gasteiger partial charge is 0.362 e. The van der Waals surface area contributed by atoms with E-state index in [1.807, 2.05) is 94.1 Å². The molecule has 366 valence electrons. The van der Waals surface area contributed by atoms with Crippen molar-refractivity contribution >= 4 is 17.9 Å². The highest BCUT2D eigenvalue weighted by atomic mass is 16.6. The number of ether oxygens (including phenoxy) is 3. The molecular formula is C56H96NO7+. The van der Waals surface area contributed by atoms with Crippen LogP contribution in [0.25, 0.3) is 0 Å². The lowest BCUT2D eigenvalue weighted by Crippen LogP contribution is -2.50. The number of carboxylic acid groups (broad SMARTS) is 1. The standard InChI is InChI=1S/C56H95NO7/c1-6-8-10-12-14-16-18-20-22-24-26-27-29-31-33-35-37-39-41-43-45-47-55(59)64-52(50-62-49-48-53(56(60)61)57(3,4)5)51-63-54(58)46-44-42-40-38-36-34-32-30-28-25-23-21-19-17-15-13-11-9-7-2/h9,11,13,15,17,19,21,23,25,28,30,32,34,36,52-53H,6-8,10,12,14,16,18,20,22,24,26-27,29,31,33,35,37-51H2,1-5H3/p+1/b11-9+,15-13+,19-17+,23-21+,28-25+,32-30+,36-34+. The molecule has 0 aromatic heterocycles. The number of allylic oxidation sites excluding steroid dienone is 14. The van der Waals surface area contributed by atoms with Gasteiger partial charge in [0, 0.05) is 19.3 Å². The maximum atomic E-state index is 12.8. The van der Waals surface area contributed by atoms with Gasteiger partial charge in [-0.2, -0.15) is 0 Å². The van der Waals surface area contributed by atoms with E-state index in [9.17, 15) is 19.5 Å². The molecule has 0 heterocycles. The Morgan fingerprint density at radius 3 is 1.30 bits per heavy atom. The fraction of sp³-hybridized carbons (Fsp3) is 0.696. The van der Waals surface area contributed by atoms with Crippen LogP contribution in [0.15, 0.2) is 85.1 Å². The van der Waals surface area contributed by atoms with Gasteiger partial charge in [0.15, 0.2) is 12.1 Å². The average molecular weight is 895 g/mol. The van der Waals surface area contributed by atoms with Gasteiger partial charge in [-0.25, -0.2) is 4.79 Å². The summed E-state index contributed by atoms with van der Waals surface area (Å²) in [6, 6.07) is -0.626. The molecule has 0 spiro atoms. The summed E-state index contributed by atoms with van der Waals surface area (Å²) in [7, 11) is 5.52. The molecule has 0 amide bonds. The lowest BCUT2D eigenvalue weighted by atomic mass is 10.0. The topological polar surface area (TPSA) is 99.1 Å². The number of rotatable bonds is 45. The van der Waals surface area contributed by atoms with Crippen LogP contribution in [0.1, 0.15) is 200 Å². The second-order valence-corrected chi connectivity index (χ2v) is 18.2. The molecule has 0 bridgehead atoms. The number of carboxylic acids is 1. The van der Waals surface area contributed by atoms with Gasteiger partial charge >= 0.3 is 17.9 Å². The Labute approximate surface area is 393 Å². The third kappa shape index (κ3) is 43.7. The van der Waals surface area contributed by atoms with Gasteiger partial charge in [0.25, 0.3) is 0 Å². The van der Waals surface area contributed by atoms with Crippen molar-refractivity contribution in [3.63, 3.8) is 0 Å². The minimum atomic E-state index is -0.883. The van der Waals surface area contributed by atoms with E-state index in [4.69, 9.17) is 14.2 Å². The van der Waals surface area contributed by atoms with Gasteiger partial charge < -0.3 is 23.8 Å². The Morgan fingerprint density at radius 1 is 0.484 bits per heavy atom. The third-order valence-corrected chi connectivity index (χ3v) is 11.3. The molecule has 0 aliphatic heterocycles. The van der Waals surface area contributed by atoms with Gasteiger partial charge in [0.05, 0.1) is 34.4 Å². The molecule has 0 radical (unpaired) electrons. The maximum Gasteiger partial charge on any atom is 0.362 e. The quantitative estimate of drug-likeness (QED) is 0.0281. The summed E-state index contributed by atoms with van der Waals surface area (Å²) in [4.78, 5) is 37.2. The van der Waals surface area contributed by atoms with Crippen molar-refractivity contribution in [1.82, 2.24) is 0 Å². The molecule has 0 rings (SSSR count). The largest absolute Gasteiger partial charge is 0.477 e. The summed E-state index contributed by atoms with van der Waals surface area (Å²) in [6.45, 7) is 4.56. The molecule has 0 fully saturated rings. The van der Waals surface area contributed by atoms with E-state index in [1.165, 1.54) is 116 Å². The zero-order valence-corrected chi connectivity index (χ0v) is 41.7. The number of hydrogen-bond acceptors (Lipinski definition) is 6. The summed E-state index contributed by atoms with van der Waals surface area (Å²) in [6.07, 6.45) is 60.6. The maximum absolute atomic E-state index is 12.8. The Balaban J connectivity index is 4.33. The predicted octanol–water partition coefficient (Wildman–Crippen LogP) is 14.9. The van der Waals surface area contributed by atoms with Gasteiger partial charge in [-0.05, 0) is 32.1 Å². The van der Waals surface area contributed by atoms with Gasteiger partial charge in [-0.1, -0.05) is 234 Å². The van der Waals surface area contributed by atoms with E-state index in [0.29, 0.717) is 19.3 Å². The number of aliphatic carboxylic acids is 1. The van der Waals surface area contributed by atoms with Crippen LogP contribution in [0, 0.1) is 0 Å². The van der Waals surface area contributed by atoms with Crippen molar-refractivity contribution in [2.24, 2.45) is 0 Å². The molecule has 64 heavy (non-hydrogen) atoms. The third-order valence-electron chi connectivity index (χ3n) is 11.3. The van der Waals surface area contributed by atoms with Crippen LogP contribution in [-0.4, -0.2) is 80.6 Å². The zero-order chi connectivity index (χ0) is 47.0. The van der Waals surface area contributed by atoms with Crippen molar-refractivity contribution in [2.45, 2.75) is 212 Å². The van der Waals surface area contributed by atoms with Gasteiger partial charge in [-0.3, -0.25) is 9.59 Å². The summed E-state index contributed by atoms with van der Waals surface area (Å²) in [5.41, 5.74) is 0. The molecule has 1 N–H and O–H groups in total. The van der Waals surface area contributed by atoms with Crippen LogP contribution in [0.5, 0.6) is 0 Å². The van der Waals surface area contributed by atoms with Crippen LogP contribution < -0.4 is 0 Å². The summed E-state index contributed by atoms with van der Waals surface area (Å²) >= 11 is 0. The van der Waals surface area contributed by atoms with Gasteiger partial charge in [-0.15, -0.1) is 0 Å². The van der Waals surface area contributed by atoms with Crippen molar-refractivity contribution in [1.29, 1.82) is 0 Å². The van der Waals surface area contributed by atoms with E-state index in [1.54, 1.807) is 0 Å². The van der Waals surface area contributed by atoms with Crippen molar-refractivity contribution in [3.05, 3.63) is 85.1 Å². The molecule has 0 saturated carbocycles. The minimum absolute atomic E-state index is 0.0433. The van der Waals surface area contributed by atoms with E-state index in [-0.39, 0.29) is 36.2 Å². The molecule has 0 aliphatic carbocycles. The summed E-state index contributed by atoms with van der Waals surface area (Å²) < 4.78 is 17.3. The lowest BCUT2D eigenvalue weighted by Gasteiger charge is -2.31. The molecule has 0 aromatic rings. The number of carbonyl (C=O) groups excluding carboxylic acids is 2. The number of unbranched alkanes of at least 4 members (excludes halogenated alkanes) is 23. The second-order valence-electron chi connectivity index (χ2n) is 18.2. The van der Waals surface area contributed by atoms with Crippen molar-refractivity contribution in [2.75, 3.05) is 41.0 Å². The Bertz CT molecular complexity index is 1320. The van der Waals surface area contributed by atoms with Crippen LogP contribution in [0.3, 0.4) is 0 Å². The second kappa shape index (κ2) is 46.1. The van der Waals surface area contributed by atoms with E-state index in [2.05, 4.69) is 26.0 Å². The Hall–Kier alpha value is -3.49. The number of esters is 2. The molecule has 0 aromatic carbocycles. The first kappa shape index (κ1) is 60.5. The van der Waals surface area contributed by atoms with Crippen LogP contribution >= 0.6 is 0 Å². The Morgan fingerprint density at radius 2 is 0.875 bits per heavy atom. The normalized spacial score (nSPS) is 13.6. The molecule has 8 heteroatoms. The molecule has 0 saturated heterocycles. The SMILES string of the molecule is CC/C=C/C=C/C=C/C=C/C=C/C=C/C=C/CCCCCC(=O)OCC(COCCC(C(=O)O)[N+](C)(C)C)OC(=O)CCCCCCCCCCCCCCCCCCCCCCC. The highest BCUT2D eigenvalue weighted by Crippen LogP contribution is 2.16. The van der Waals surface area contributed by atoms with Crippen LogP contribution in [-0.2, 0) is 28.6 Å². The number of hydrogen-bond donors (Lipinski definition) is 1. The van der Waals surface area contributed by atoms with E-state index in [0.717, 1.165) is 51.4 Å². The number of nitrogens with zero attached hydrogens (tertiary/aromatic N) is 1.